The van der Waals surface area contributed by atoms with Crippen LogP contribution in [0.5, 0.6) is 0 Å². The molecule has 0 amide bonds. The lowest BCUT2D eigenvalue weighted by molar-refractivity contribution is 1.28. The number of hydrogen-bond donors (Lipinski definition) is 0. The van der Waals surface area contributed by atoms with Crippen LogP contribution in [0.15, 0.2) is 95.5 Å². The molecule has 0 N–H and O–H groups in total. The van der Waals surface area contributed by atoms with E-state index in [1.54, 1.807) is 0 Å². The molecule has 1 atom stereocenters. The summed E-state index contributed by atoms with van der Waals surface area (Å²) in [4.78, 5) is 2.05. The lowest BCUT2D eigenvalue weighted by Crippen LogP contribution is -2.22. The highest BCUT2D eigenvalue weighted by atomic mass is 79.9. The van der Waals surface area contributed by atoms with Gasteiger partial charge in [0.05, 0.1) is 0 Å². The summed E-state index contributed by atoms with van der Waals surface area (Å²) in [5.41, 5.74) is 1.74. The molecule has 3 rings (SSSR count). The summed E-state index contributed by atoms with van der Waals surface area (Å²) in [6, 6.07) is 21.7. The van der Waals surface area contributed by atoms with Gasteiger partial charge in [0.15, 0.2) is 0 Å². The maximum Gasteiger partial charge on any atom is 0.0310 e. The molecule has 0 aliphatic heterocycles. The van der Waals surface area contributed by atoms with Crippen LogP contribution in [0.25, 0.3) is 0 Å². The number of halogens is 1. The van der Waals surface area contributed by atoms with Crippen molar-refractivity contribution >= 4 is 34.5 Å². The van der Waals surface area contributed by atoms with E-state index in [0.717, 1.165) is 0 Å². The average Bonchev–Trinajstić information content (AvgIpc) is 2.58. The lowest BCUT2D eigenvalue weighted by Gasteiger charge is -2.28. The van der Waals surface area contributed by atoms with Crippen LogP contribution >= 0.6 is 23.9 Å². The number of allylic oxidation sites excluding steroid dienone is 5. The minimum atomic E-state index is -0.451. The van der Waals surface area contributed by atoms with Gasteiger partial charge in [0.25, 0.3) is 0 Å². The van der Waals surface area contributed by atoms with E-state index in [-0.39, 0.29) is 0 Å². The summed E-state index contributed by atoms with van der Waals surface area (Å²) < 4.78 is 0. The zero-order valence-corrected chi connectivity index (χ0v) is 14.0. The van der Waals surface area contributed by atoms with E-state index in [1.807, 2.05) is 0 Å². The Morgan fingerprint density at radius 1 is 0.810 bits per heavy atom. The van der Waals surface area contributed by atoms with Crippen molar-refractivity contribution in [2.75, 3.05) is 0 Å². The molecule has 0 saturated carbocycles. The van der Waals surface area contributed by atoms with Crippen molar-refractivity contribution in [2.45, 2.75) is 5.66 Å². The van der Waals surface area contributed by atoms with E-state index >= 15 is 0 Å². The Bertz CT molecular complexity index is 632. The predicted molar refractivity (Wildman–Crippen MR) is 98.2 cm³/mol. The second-order valence-electron chi connectivity index (χ2n) is 4.84. The minimum absolute atomic E-state index is 0.411. The largest absolute Gasteiger partial charge is 0.0721 e. The highest BCUT2D eigenvalue weighted by Crippen LogP contribution is 2.45. The fourth-order valence-corrected chi connectivity index (χ4v) is 5.83. The van der Waals surface area contributed by atoms with Crippen molar-refractivity contribution in [1.29, 1.82) is 0 Å². The SMILES string of the molecule is BrC=C1C=CC=CC1P(c1ccccc1)c1ccccc1. The quantitative estimate of drug-likeness (QED) is 0.688. The molecular formula is C19H16BrP. The van der Waals surface area contributed by atoms with Gasteiger partial charge in [-0.3, -0.25) is 0 Å². The van der Waals surface area contributed by atoms with Crippen molar-refractivity contribution in [3.05, 3.63) is 95.5 Å². The monoisotopic (exact) mass is 354 g/mol. The van der Waals surface area contributed by atoms with E-state index in [9.17, 15) is 0 Å². The Morgan fingerprint density at radius 3 is 1.90 bits per heavy atom. The van der Waals surface area contributed by atoms with Gasteiger partial charge in [-0.15, -0.1) is 0 Å². The zero-order chi connectivity index (χ0) is 14.5. The molecule has 0 aromatic heterocycles. The van der Waals surface area contributed by atoms with Crippen LogP contribution in [0.2, 0.25) is 0 Å². The molecule has 21 heavy (non-hydrogen) atoms. The smallest absolute Gasteiger partial charge is 0.0310 e. The summed E-state index contributed by atoms with van der Waals surface area (Å²) in [6.07, 6.45) is 8.78. The second-order valence-corrected chi connectivity index (χ2v) is 7.63. The Morgan fingerprint density at radius 2 is 1.38 bits per heavy atom. The number of rotatable bonds is 3. The van der Waals surface area contributed by atoms with Crippen LogP contribution in [-0.4, -0.2) is 5.66 Å². The third kappa shape index (κ3) is 3.26. The van der Waals surface area contributed by atoms with E-state index in [1.165, 1.54) is 16.2 Å². The molecule has 2 aromatic carbocycles. The second kappa shape index (κ2) is 7.02. The molecule has 1 aliphatic carbocycles. The topological polar surface area (TPSA) is 0 Å². The van der Waals surface area contributed by atoms with Crippen molar-refractivity contribution in [2.24, 2.45) is 0 Å². The maximum absolute atomic E-state index is 3.53. The van der Waals surface area contributed by atoms with Gasteiger partial charge >= 0.3 is 0 Å². The zero-order valence-electron chi connectivity index (χ0n) is 11.6. The van der Waals surface area contributed by atoms with Crippen LogP contribution < -0.4 is 10.6 Å². The standard InChI is InChI=1S/C19H16BrP/c20-15-16-9-7-8-14-19(16)21(17-10-3-1-4-11-17)18-12-5-2-6-13-18/h1-15,19H. The number of benzene rings is 2. The van der Waals surface area contributed by atoms with Crippen LogP contribution in [0, 0.1) is 0 Å². The van der Waals surface area contributed by atoms with E-state index in [0.29, 0.717) is 5.66 Å². The molecule has 1 aliphatic rings. The average molecular weight is 355 g/mol. The fraction of sp³-hybridized carbons (Fsp3) is 0.0526. The van der Waals surface area contributed by atoms with E-state index in [4.69, 9.17) is 0 Å². The maximum atomic E-state index is 3.53. The molecule has 0 fully saturated rings. The first-order valence-corrected chi connectivity index (χ1v) is 9.27. The molecule has 0 radical (unpaired) electrons. The first-order chi connectivity index (χ1) is 10.4. The van der Waals surface area contributed by atoms with Gasteiger partial charge in [-0.05, 0) is 29.1 Å². The molecule has 104 valence electrons. The Labute approximate surface area is 135 Å². The molecule has 0 heterocycles. The summed E-state index contributed by atoms with van der Waals surface area (Å²) >= 11 is 3.53. The Kier molecular flexibility index (Phi) is 4.85. The summed E-state index contributed by atoms with van der Waals surface area (Å²) in [7, 11) is -0.451. The molecule has 2 aromatic rings. The number of hydrogen-bond acceptors (Lipinski definition) is 0. The van der Waals surface area contributed by atoms with Gasteiger partial charge in [0.1, 0.15) is 0 Å². The van der Waals surface area contributed by atoms with E-state index < -0.39 is 7.92 Å². The molecule has 0 spiro atoms. The van der Waals surface area contributed by atoms with Gasteiger partial charge in [-0.2, -0.15) is 0 Å². The fourth-order valence-electron chi connectivity index (χ4n) is 2.53. The van der Waals surface area contributed by atoms with Gasteiger partial charge in [0.2, 0.25) is 0 Å². The Hall–Kier alpha value is -1.43. The molecule has 0 saturated heterocycles. The van der Waals surface area contributed by atoms with Crippen molar-refractivity contribution in [3.8, 4) is 0 Å². The van der Waals surface area contributed by atoms with Crippen LogP contribution in [0.3, 0.4) is 0 Å². The lowest BCUT2D eigenvalue weighted by atomic mass is 10.1. The van der Waals surface area contributed by atoms with Crippen molar-refractivity contribution in [1.82, 2.24) is 0 Å². The van der Waals surface area contributed by atoms with Crippen molar-refractivity contribution in [3.63, 3.8) is 0 Å². The van der Waals surface area contributed by atoms with Crippen LogP contribution in [0.1, 0.15) is 0 Å². The third-order valence-electron chi connectivity index (χ3n) is 3.51. The first kappa shape index (κ1) is 14.5. The molecular weight excluding hydrogens is 339 g/mol. The van der Waals surface area contributed by atoms with Gasteiger partial charge in [0, 0.05) is 5.66 Å². The summed E-state index contributed by atoms with van der Waals surface area (Å²) in [6.45, 7) is 0. The normalized spacial score (nSPS) is 19.3. The molecule has 0 nitrogen and oxygen atoms in total. The van der Waals surface area contributed by atoms with Gasteiger partial charge < -0.3 is 0 Å². The summed E-state index contributed by atoms with van der Waals surface area (Å²) in [5, 5.41) is 2.82. The highest BCUT2D eigenvalue weighted by molar-refractivity contribution is 9.11. The minimum Gasteiger partial charge on any atom is -0.0721 e. The van der Waals surface area contributed by atoms with Crippen molar-refractivity contribution < 1.29 is 0 Å². The Balaban J connectivity index is 2.09. The molecule has 2 heteroatoms. The molecule has 1 unspecified atom stereocenters. The van der Waals surface area contributed by atoms with Crippen LogP contribution in [-0.2, 0) is 0 Å². The van der Waals surface area contributed by atoms with Crippen LogP contribution in [0.4, 0.5) is 0 Å². The first-order valence-electron chi connectivity index (χ1n) is 6.94. The third-order valence-corrected chi connectivity index (χ3v) is 6.77. The van der Waals surface area contributed by atoms with Gasteiger partial charge in [-0.25, -0.2) is 0 Å². The predicted octanol–water partition coefficient (Wildman–Crippen LogP) is 4.89. The highest BCUT2D eigenvalue weighted by Gasteiger charge is 2.25. The van der Waals surface area contributed by atoms with Gasteiger partial charge in [-0.1, -0.05) is 101 Å². The van der Waals surface area contributed by atoms with E-state index in [2.05, 4.69) is 106 Å². The summed E-state index contributed by atoms with van der Waals surface area (Å²) in [5.74, 6) is 0. The molecule has 0 bridgehead atoms.